The van der Waals surface area contributed by atoms with Crippen LogP contribution in [-0.4, -0.2) is 38.0 Å². The Morgan fingerprint density at radius 3 is 2.50 bits per heavy atom. The summed E-state index contributed by atoms with van der Waals surface area (Å²) in [4.78, 5) is 13.8. The van der Waals surface area contributed by atoms with Crippen LogP contribution in [0.4, 0.5) is 10.5 Å². The summed E-state index contributed by atoms with van der Waals surface area (Å²) in [5.41, 5.74) is 0.0497. The van der Waals surface area contributed by atoms with E-state index in [0.717, 1.165) is 0 Å². The summed E-state index contributed by atoms with van der Waals surface area (Å²) < 4.78 is 23.5. The molecule has 0 N–H and O–H groups in total. The fourth-order valence-corrected chi connectivity index (χ4v) is 1.66. The Labute approximate surface area is 120 Å². The lowest BCUT2D eigenvalue weighted by molar-refractivity contribution is 0.0577. The fraction of sp³-hybridized carbons (Fsp3) is 0.533. The van der Waals surface area contributed by atoms with E-state index >= 15 is 0 Å². The van der Waals surface area contributed by atoms with Crippen LogP contribution in [0.2, 0.25) is 0 Å². The molecule has 0 aromatic heterocycles. The van der Waals surface area contributed by atoms with E-state index in [0.29, 0.717) is 18.0 Å². The molecule has 0 aliphatic carbocycles. The van der Waals surface area contributed by atoms with Crippen LogP contribution in [0, 0.1) is 0 Å². The number of carbonyl (C=O) groups is 1. The van der Waals surface area contributed by atoms with Gasteiger partial charge in [0.25, 0.3) is 0 Å². The Bertz CT molecular complexity index is 505. The first kappa shape index (κ1) is 13.2. The highest BCUT2D eigenvalue weighted by atomic mass is 16.6. The van der Waals surface area contributed by atoms with Crippen molar-refractivity contribution in [1.82, 2.24) is 0 Å². The lowest BCUT2D eigenvalue weighted by Gasteiger charge is -2.27. The van der Waals surface area contributed by atoms with Crippen molar-refractivity contribution in [3.05, 3.63) is 24.3 Å². The molecule has 1 atom stereocenters. The van der Waals surface area contributed by atoms with Crippen LogP contribution >= 0.6 is 0 Å². The molecule has 1 amide bonds. The van der Waals surface area contributed by atoms with Gasteiger partial charge in [-0.05, 0) is 45.0 Å². The molecule has 20 heavy (non-hydrogen) atoms. The van der Waals surface area contributed by atoms with Crippen LogP contribution in [0.25, 0.3) is 0 Å². The van der Waals surface area contributed by atoms with Gasteiger partial charge in [-0.1, -0.05) is 0 Å². The molecule has 5 heteroatoms. The molecule has 1 aliphatic heterocycles. The van der Waals surface area contributed by atoms with E-state index in [-0.39, 0.29) is 6.54 Å². The van der Waals surface area contributed by atoms with E-state index < -0.39 is 17.8 Å². The second kappa shape index (κ2) is 5.71. The largest absolute Gasteiger partial charge is 0.497 e. The quantitative estimate of drug-likeness (QED) is 0.796. The third kappa shape index (κ3) is 4.13. The SMILES string of the molecule is [2H]C1(CN(C(=O)OC(C)(C)C)c2ccc(OC)cc2)CO1. The van der Waals surface area contributed by atoms with Crippen molar-refractivity contribution in [2.75, 3.05) is 25.2 Å². The van der Waals surface area contributed by atoms with Crippen molar-refractivity contribution in [1.29, 1.82) is 0 Å². The van der Waals surface area contributed by atoms with E-state index in [9.17, 15) is 4.79 Å². The smallest absolute Gasteiger partial charge is 0.414 e. The van der Waals surface area contributed by atoms with Gasteiger partial charge >= 0.3 is 6.09 Å². The third-order valence-corrected chi connectivity index (χ3v) is 2.68. The summed E-state index contributed by atoms with van der Waals surface area (Å²) >= 11 is 0. The average Bonchev–Trinajstić information content (AvgIpc) is 3.12. The monoisotopic (exact) mass is 280 g/mol. The lowest BCUT2D eigenvalue weighted by atomic mass is 10.2. The number of methoxy groups -OCH3 is 1. The molecule has 1 aliphatic rings. The Kier molecular flexibility index (Phi) is 3.78. The molecule has 1 aromatic carbocycles. The average molecular weight is 280 g/mol. The number of epoxide rings is 1. The highest BCUT2D eigenvalue weighted by Gasteiger charge is 2.31. The molecule has 1 unspecified atom stereocenters. The summed E-state index contributed by atoms with van der Waals surface area (Å²) in [5, 5.41) is 0. The zero-order chi connectivity index (χ0) is 15.7. The minimum atomic E-state index is -1.03. The Morgan fingerprint density at radius 1 is 1.45 bits per heavy atom. The third-order valence-electron chi connectivity index (χ3n) is 2.68. The molecular formula is C15H21NO4. The number of carbonyl (C=O) groups excluding carboxylic acids is 1. The van der Waals surface area contributed by atoms with E-state index in [4.69, 9.17) is 15.6 Å². The number of anilines is 1. The first-order valence-corrected chi connectivity index (χ1v) is 6.51. The molecule has 1 heterocycles. The topological polar surface area (TPSA) is 51.3 Å². The number of hydrogen-bond donors (Lipinski definition) is 0. The predicted octanol–water partition coefficient (Wildman–Crippen LogP) is 2.84. The van der Waals surface area contributed by atoms with Gasteiger partial charge in [0.05, 0.1) is 27.7 Å². The van der Waals surface area contributed by atoms with E-state index in [1.54, 1.807) is 52.1 Å². The zero-order valence-corrected chi connectivity index (χ0v) is 12.3. The second-order valence-electron chi connectivity index (χ2n) is 5.59. The maximum Gasteiger partial charge on any atom is 0.414 e. The Morgan fingerprint density at radius 2 is 2.05 bits per heavy atom. The molecule has 2 rings (SSSR count). The van der Waals surface area contributed by atoms with Gasteiger partial charge in [0.15, 0.2) is 0 Å². The van der Waals surface area contributed by atoms with Crippen molar-refractivity contribution in [2.45, 2.75) is 32.5 Å². The summed E-state index contributed by atoms with van der Waals surface area (Å²) in [6.07, 6.45) is -1.52. The number of benzene rings is 1. The minimum Gasteiger partial charge on any atom is -0.497 e. The van der Waals surface area contributed by atoms with Crippen LogP contribution in [0.1, 0.15) is 22.1 Å². The normalized spacial score (nSPS) is 21.9. The first-order valence-electron chi connectivity index (χ1n) is 7.01. The molecule has 1 saturated heterocycles. The van der Waals surface area contributed by atoms with Crippen molar-refractivity contribution >= 4 is 11.8 Å². The van der Waals surface area contributed by atoms with E-state index in [1.807, 2.05) is 0 Å². The van der Waals surface area contributed by atoms with Gasteiger partial charge in [-0.25, -0.2) is 4.79 Å². The van der Waals surface area contributed by atoms with Gasteiger partial charge < -0.3 is 14.2 Å². The molecule has 0 bridgehead atoms. The van der Waals surface area contributed by atoms with Gasteiger partial charge in [-0.3, -0.25) is 4.90 Å². The summed E-state index contributed by atoms with van der Waals surface area (Å²) in [7, 11) is 1.58. The van der Waals surface area contributed by atoms with Crippen LogP contribution in [0.3, 0.4) is 0 Å². The summed E-state index contributed by atoms with van der Waals surface area (Å²) in [6, 6.07) is 7.04. The standard InChI is InChI=1S/C15H21NO4/c1-15(2,3)20-14(17)16(9-13-10-19-13)11-5-7-12(18-4)8-6-11/h5-8,13H,9-10H2,1-4H3/i13D. The lowest BCUT2D eigenvalue weighted by Crippen LogP contribution is -2.39. The zero-order valence-electron chi connectivity index (χ0n) is 13.3. The van der Waals surface area contributed by atoms with Gasteiger partial charge in [0, 0.05) is 5.69 Å². The number of nitrogens with zero attached hydrogens (tertiary/aromatic N) is 1. The number of ether oxygens (including phenoxy) is 3. The van der Waals surface area contributed by atoms with Crippen LogP contribution in [0.5, 0.6) is 5.75 Å². The van der Waals surface area contributed by atoms with Gasteiger partial charge in [-0.2, -0.15) is 0 Å². The van der Waals surface area contributed by atoms with Crippen molar-refractivity contribution in [3.63, 3.8) is 0 Å². The van der Waals surface area contributed by atoms with E-state index in [2.05, 4.69) is 0 Å². The molecular weight excluding hydrogens is 258 g/mol. The molecule has 1 fully saturated rings. The fourth-order valence-electron chi connectivity index (χ4n) is 1.66. The first-order chi connectivity index (χ1) is 9.72. The highest BCUT2D eigenvalue weighted by molar-refractivity contribution is 5.88. The van der Waals surface area contributed by atoms with Gasteiger partial charge in [0.1, 0.15) is 11.4 Å². The van der Waals surface area contributed by atoms with Crippen molar-refractivity contribution in [3.8, 4) is 5.75 Å². The minimum absolute atomic E-state index is 0.133. The molecule has 5 nitrogen and oxygen atoms in total. The summed E-state index contributed by atoms with van der Waals surface area (Å²) in [6.45, 7) is 5.88. The number of hydrogen-bond acceptors (Lipinski definition) is 4. The van der Waals surface area contributed by atoms with Crippen LogP contribution < -0.4 is 9.64 Å². The summed E-state index contributed by atoms with van der Waals surface area (Å²) in [5.74, 6) is 0.700. The van der Waals surface area contributed by atoms with Crippen LogP contribution in [-0.2, 0) is 9.47 Å². The number of amides is 1. The molecule has 0 radical (unpaired) electrons. The Balaban J connectivity index is 2.20. The van der Waals surface area contributed by atoms with E-state index in [1.165, 1.54) is 4.90 Å². The van der Waals surface area contributed by atoms with Gasteiger partial charge in [-0.15, -0.1) is 0 Å². The molecule has 0 saturated carbocycles. The van der Waals surface area contributed by atoms with Gasteiger partial charge in [0.2, 0.25) is 0 Å². The van der Waals surface area contributed by atoms with Crippen molar-refractivity contribution in [2.24, 2.45) is 0 Å². The molecule has 110 valence electrons. The predicted molar refractivity (Wildman–Crippen MR) is 76.3 cm³/mol. The highest BCUT2D eigenvalue weighted by Crippen LogP contribution is 2.24. The Hall–Kier alpha value is -1.75. The van der Waals surface area contributed by atoms with Crippen LogP contribution in [0.15, 0.2) is 24.3 Å². The second-order valence-corrected chi connectivity index (χ2v) is 5.59. The maximum atomic E-state index is 12.4. The maximum absolute atomic E-state index is 12.4. The molecule has 0 spiro atoms. The molecule has 1 aromatic rings. The van der Waals surface area contributed by atoms with Crippen molar-refractivity contribution < 1.29 is 20.4 Å². The number of rotatable bonds is 4.